The highest BCUT2D eigenvalue weighted by molar-refractivity contribution is 5.91. The van der Waals surface area contributed by atoms with E-state index in [9.17, 15) is 0 Å². The Morgan fingerprint density at radius 1 is 0.256 bits per heavy atom. The van der Waals surface area contributed by atoms with E-state index in [0.717, 1.165) is 16.9 Å². The van der Waals surface area contributed by atoms with Crippen LogP contribution in [0.25, 0.3) is 55.6 Å². The van der Waals surface area contributed by atoms with Gasteiger partial charge in [-0.15, -0.1) is 0 Å². The van der Waals surface area contributed by atoms with Crippen molar-refractivity contribution in [2.45, 2.75) is 0 Å². The lowest BCUT2D eigenvalue weighted by atomic mass is 9.89. The van der Waals surface area contributed by atoms with E-state index in [1.165, 1.54) is 50.1 Å². The Balaban J connectivity index is 1.30. The number of benzene rings is 7. The smallest absolute Gasteiger partial charge is 0.0464 e. The molecule has 7 aromatic carbocycles. The molecule has 0 aliphatic carbocycles. The van der Waals surface area contributed by atoms with E-state index < -0.39 is 0 Å². The highest BCUT2D eigenvalue weighted by atomic mass is 14.9. The van der Waals surface area contributed by atoms with Crippen molar-refractivity contribution in [2.24, 2.45) is 0 Å². The van der Waals surface area contributed by atoms with Crippen LogP contribution in [-0.4, -0.2) is 0 Å². The van der Waals surface area contributed by atoms with E-state index in [4.69, 9.17) is 0 Å². The van der Waals surface area contributed by atoms with E-state index >= 15 is 0 Å². The molecule has 204 valence electrons. The Labute approximate surface area is 253 Å². The molecule has 7 rings (SSSR count). The van der Waals surface area contributed by atoms with Crippen molar-refractivity contribution in [1.82, 2.24) is 0 Å². The van der Waals surface area contributed by atoms with Crippen LogP contribution in [0.5, 0.6) is 0 Å². The van der Waals surface area contributed by atoms with Crippen LogP contribution in [0.3, 0.4) is 0 Å². The van der Waals surface area contributed by atoms with Crippen LogP contribution in [0, 0.1) is 0 Å². The first-order valence-electron chi connectivity index (χ1n) is 14.7. The Bertz CT molecular complexity index is 1940. The Morgan fingerprint density at radius 3 is 1.26 bits per heavy atom. The maximum Gasteiger partial charge on any atom is 0.0464 e. The number of hydrogen-bond donors (Lipinski definition) is 1. The van der Waals surface area contributed by atoms with Crippen LogP contribution in [-0.2, 0) is 0 Å². The van der Waals surface area contributed by atoms with E-state index in [1.54, 1.807) is 0 Å². The Morgan fingerprint density at radius 2 is 0.674 bits per heavy atom. The van der Waals surface area contributed by atoms with E-state index in [-0.39, 0.29) is 0 Å². The molecule has 0 fully saturated rings. The molecule has 0 bridgehead atoms. The van der Waals surface area contributed by atoms with Gasteiger partial charge in [0.25, 0.3) is 0 Å². The Hall–Kier alpha value is -5.66. The quantitative estimate of drug-likeness (QED) is 0.208. The molecule has 1 N–H and O–H groups in total. The molecule has 7 aromatic rings. The number of rotatable bonds is 7. The summed E-state index contributed by atoms with van der Waals surface area (Å²) in [5.41, 5.74) is 14.1. The highest BCUT2D eigenvalue weighted by Gasteiger charge is 2.14. The van der Waals surface area contributed by atoms with Crippen molar-refractivity contribution in [3.63, 3.8) is 0 Å². The van der Waals surface area contributed by atoms with Gasteiger partial charge in [-0.2, -0.15) is 0 Å². The molecule has 0 aromatic heterocycles. The number of nitrogens with one attached hydrogen (secondary N) is 1. The fourth-order valence-electron chi connectivity index (χ4n) is 5.67. The summed E-state index contributed by atoms with van der Waals surface area (Å²) in [5, 5.41) is 3.71. The minimum absolute atomic E-state index is 1.06. The second-order valence-electron chi connectivity index (χ2n) is 10.7. The fourth-order valence-corrected chi connectivity index (χ4v) is 5.67. The minimum atomic E-state index is 1.06. The lowest BCUT2D eigenvalue weighted by Crippen LogP contribution is -1.95. The summed E-state index contributed by atoms with van der Waals surface area (Å²) < 4.78 is 0. The standard InChI is InChI=1S/C42H31N/c1-5-13-31(14-6-1)33-21-25-38(26-22-33)43-42-28-24-37(30-41(42)35-19-11-4-12-20-35)39-27-23-36(32-15-7-2-8-16-32)29-40(39)34-17-9-3-10-18-34/h1-30,43H. The molecule has 0 unspecified atom stereocenters. The average Bonchev–Trinajstić information content (AvgIpc) is 3.10. The van der Waals surface area contributed by atoms with Crippen LogP contribution in [0.4, 0.5) is 11.4 Å². The molecule has 0 heterocycles. The number of anilines is 2. The molecule has 0 amide bonds. The van der Waals surface area contributed by atoms with Crippen molar-refractivity contribution in [1.29, 1.82) is 0 Å². The number of hydrogen-bond acceptors (Lipinski definition) is 1. The van der Waals surface area contributed by atoms with E-state index in [0.29, 0.717) is 0 Å². The summed E-state index contributed by atoms with van der Waals surface area (Å²) in [6.45, 7) is 0. The second kappa shape index (κ2) is 12.1. The summed E-state index contributed by atoms with van der Waals surface area (Å²) in [7, 11) is 0. The predicted octanol–water partition coefficient (Wildman–Crippen LogP) is 11.8. The zero-order chi connectivity index (χ0) is 28.8. The van der Waals surface area contributed by atoms with Crippen molar-refractivity contribution >= 4 is 11.4 Å². The van der Waals surface area contributed by atoms with Gasteiger partial charge < -0.3 is 5.32 Å². The van der Waals surface area contributed by atoms with Gasteiger partial charge in [0.05, 0.1) is 0 Å². The van der Waals surface area contributed by atoms with Gasteiger partial charge in [-0.05, 0) is 80.4 Å². The van der Waals surface area contributed by atoms with E-state index in [1.807, 2.05) is 0 Å². The largest absolute Gasteiger partial charge is 0.355 e. The maximum absolute atomic E-state index is 3.71. The van der Waals surface area contributed by atoms with Gasteiger partial charge in [0.1, 0.15) is 0 Å². The van der Waals surface area contributed by atoms with Crippen LogP contribution in [0.2, 0.25) is 0 Å². The first kappa shape index (κ1) is 26.3. The fraction of sp³-hybridized carbons (Fsp3) is 0. The van der Waals surface area contributed by atoms with Gasteiger partial charge >= 0.3 is 0 Å². The maximum atomic E-state index is 3.71. The van der Waals surface area contributed by atoms with E-state index in [2.05, 4.69) is 187 Å². The van der Waals surface area contributed by atoms with Crippen molar-refractivity contribution in [3.8, 4) is 55.6 Å². The lowest BCUT2D eigenvalue weighted by molar-refractivity contribution is 1.51. The SMILES string of the molecule is c1ccc(-c2ccc(Nc3ccc(-c4ccc(-c5ccccc5)cc4-c4ccccc4)cc3-c3ccccc3)cc2)cc1. The first-order valence-corrected chi connectivity index (χ1v) is 14.7. The molecule has 0 saturated carbocycles. The molecule has 0 spiro atoms. The third kappa shape index (κ3) is 5.75. The zero-order valence-corrected chi connectivity index (χ0v) is 23.8. The summed E-state index contributed by atoms with van der Waals surface area (Å²) in [5.74, 6) is 0. The minimum Gasteiger partial charge on any atom is -0.355 e. The molecule has 0 atom stereocenters. The van der Waals surface area contributed by atoms with Crippen LogP contribution in [0.1, 0.15) is 0 Å². The monoisotopic (exact) mass is 549 g/mol. The Kier molecular flexibility index (Phi) is 7.36. The molecule has 0 radical (unpaired) electrons. The lowest BCUT2D eigenvalue weighted by Gasteiger charge is -2.17. The van der Waals surface area contributed by atoms with Crippen molar-refractivity contribution in [2.75, 3.05) is 5.32 Å². The molecule has 0 saturated heterocycles. The predicted molar refractivity (Wildman–Crippen MR) is 183 cm³/mol. The van der Waals surface area contributed by atoms with Gasteiger partial charge in [0.2, 0.25) is 0 Å². The highest BCUT2D eigenvalue weighted by Crippen LogP contribution is 2.40. The van der Waals surface area contributed by atoms with Crippen LogP contribution in [0.15, 0.2) is 182 Å². The summed E-state index contributed by atoms with van der Waals surface area (Å²) >= 11 is 0. The van der Waals surface area contributed by atoms with Gasteiger partial charge in [-0.1, -0.05) is 152 Å². The van der Waals surface area contributed by atoms with Crippen LogP contribution >= 0.6 is 0 Å². The molecular weight excluding hydrogens is 518 g/mol. The summed E-state index contributed by atoms with van der Waals surface area (Å²) in [6.07, 6.45) is 0. The van der Waals surface area contributed by atoms with Gasteiger partial charge in [-0.25, -0.2) is 0 Å². The average molecular weight is 550 g/mol. The third-order valence-corrected chi connectivity index (χ3v) is 7.90. The van der Waals surface area contributed by atoms with Crippen molar-refractivity contribution < 1.29 is 0 Å². The summed E-state index contributed by atoms with van der Waals surface area (Å²) in [6, 6.07) is 64.7. The molecule has 1 heteroatoms. The molecule has 0 aliphatic rings. The van der Waals surface area contributed by atoms with Crippen LogP contribution < -0.4 is 5.32 Å². The molecule has 43 heavy (non-hydrogen) atoms. The summed E-state index contributed by atoms with van der Waals surface area (Å²) in [4.78, 5) is 0. The molecular formula is C42H31N. The second-order valence-corrected chi connectivity index (χ2v) is 10.7. The van der Waals surface area contributed by atoms with Crippen molar-refractivity contribution in [3.05, 3.63) is 182 Å². The normalized spacial score (nSPS) is 10.8. The van der Waals surface area contributed by atoms with Gasteiger partial charge in [0, 0.05) is 16.9 Å². The first-order chi connectivity index (χ1) is 21.3. The topological polar surface area (TPSA) is 12.0 Å². The van der Waals surface area contributed by atoms with Gasteiger partial charge in [0.15, 0.2) is 0 Å². The third-order valence-electron chi connectivity index (χ3n) is 7.90. The molecule has 0 aliphatic heterocycles. The molecule has 1 nitrogen and oxygen atoms in total. The zero-order valence-electron chi connectivity index (χ0n) is 23.8. The van der Waals surface area contributed by atoms with Gasteiger partial charge in [-0.3, -0.25) is 0 Å².